The summed E-state index contributed by atoms with van der Waals surface area (Å²) in [5.74, 6) is 1.79. The molecule has 0 amide bonds. The lowest BCUT2D eigenvalue weighted by molar-refractivity contribution is 0.00578. The van der Waals surface area contributed by atoms with E-state index in [1.165, 1.54) is 0 Å². The van der Waals surface area contributed by atoms with E-state index in [0.29, 0.717) is 0 Å². The second kappa shape index (κ2) is 4.61. The highest BCUT2D eigenvalue weighted by molar-refractivity contribution is 6.52. The van der Waals surface area contributed by atoms with E-state index in [9.17, 15) is 0 Å². The van der Waals surface area contributed by atoms with Gasteiger partial charge < -0.3 is 9.31 Å². The number of hydrogen-bond acceptors (Lipinski definition) is 3. The van der Waals surface area contributed by atoms with Crippen molar-refractivity contribution in [3.63, 3.8) is 0 Å². The third kappa shape index (κ3) is 2.66. The molecule has 3 nitrogen and oxygen atoms in total. The molecule has 1 heterocycles. The van der Waals surface area contributed by atoms with Crippen molar-refractivity contribution in [2.45, 2.75) is 58.7 Å². The molecule has 0 radical (unpaired) electrons. The second-order valence-corrected chi connectivity index (χ2v) is 5.18. The Morgan fingerprint density at radius 2 is 1.75 bits per heavy atom. The first-order chi connectivity index (χ1) is 7.32. The van der Waals surface area contributed by atoms with Crippen LogP contribution in [-0.2, 0) is 9.31 Å². The molecule has 0 atom stereocenters. The van der Waals surface area contributed by atoms with Crippen LogP contribution >= 0.6 is 0 Å². The highest BCUT2D eigenvalue weighted by Gasteiger charge is 2.50. The lowest BCUT2D eigenvalue weighted by Gasteiger charge is -2.32. The molecule has 16 heavy (non-hydrogen) atoms. The molecule has 1 aliphatic rings. The molecular weight excluding hydrogens is 201 g/mol. The maximum absolute atomic E-state index is 8.95. The van der Waals surface area contributed by atoms with Crippen LogP contribution < -0.4 is 0 Å². The third-order valence-corrected chi connectivity index (χ3v) is 3.27. The topological polar surface area (TPSA) is 42.2 Å². The van der Waals surface area contributed by atoms with Gasteiger partial charge in [-0.2, -0.15) is 5.26 Å². The summed E-state index contributed by atoms with van der Waals surface area (Å²) in [5.41, 5.74) is 0.0722. The molecule has 0 bridgehead atoms. The smallest absolute Gasteiger partial charge is 0.400 e. The van der Waals surface area contributed by atoms with Gasteiger partial charge in [0.05, 0.1) is 17.3 Å². The van der Waals surface area contributed by atoms with Crippen LogP contribution in [-0.4, -0.2) is 18.3 Å². The SMILES string of the molecule is CCC/C(C#N)=C\B1OC(C)(C)C(C)(C)O1. The zero-order valence-corrected chi connectivity index (χ0v) is 10.8. The molecule has 0 N–H and O–H groups in total. The molecule has 1 saturated heterocycles. The molecule has 0 aliphatic carbocycles. The summed E-state index contributed by atoms with van der Waals surface area (Å²) < 4.78 is 11.6. The summed E-state index contributed by atoms with van der Waals surface area (Å²) in [6, 6.07) is 2.19. The molecule has 0 aromatic carbocycles. The van der Waals surface area contributed by atoms with E-state index >= 15 is 0 Å². The van der Waals surface area contributed by atoms with Gasteiger partial charge in [0.2, 0.25) is 0 Å². The quantitative estimate of drug-likeness (QED) is 0.543. The van der Waals surface area contributed by atoms with Crippen LogP contribution in [0.5, 0.6) is 0 Å². The van der Waals surface area contributed by atoms with Crippen LogP contribution in [0.2, 0.25) is 0 Å². The predicted molar refractivity (Wildman–Crippen MR) is 64.7 cm³/mol. The molecule has 1 aliphatic heterocycles. The average molecular weight is 221 g/mol. The Hall–Kier alpha value is -0.785. The summed E-state index contributed by atoms with van der Waals surface area (Å²) in [7, 11) is -0.397. The fourth-order valence-electron chi connectivity index (χ4n) is 1.57. The van der Waals surface area contributed by atoms with Gasteiger partial charge in [-0.15, -0.1) is 0 Å². The van der Waals surface area contributed by atoms with Crippen LogP contribution in [0.3, 0.4) is 0 Å². The molecular formula is C12H20BNO2. The Kier molecular flexibility index (Phi) is 3.82. The first kappa shape index (κ1) is 13.3. The molecule has 4 heteroatoms. The number of rotatable bonds is 3. The molecule has 0 aromatic rings. The minimum atomic E-state index is -0.397. The minimum absolute atomic E-state index is 0.332. The van der Waals surface area contributed by atoms with Crippen molar-refractivity contribution in [3.8, 4) is 6.07 Å². The summed E-state index contributed by atoms with van der Waals surface area (Å²) >= 11 is 0. The number of nitriles is 1. The van der Waals surface area contributed by atoms with Crippen LogP contribution in [0.25, 0.3) is 0 Å². The van der Waals surface area contributed by atoms with Gasteiger partial charge in [0.1, 0.15) is 0 Å². The first-order valence-electron chi connectivity index (χ1n) is 5.79. The van der Waals surface area contributed by atoms with Gasteiger partial charge in [0.15, 0.2) is 0 Å². The first-order valence-corrected chi connectivity index (χ1v) is 5.79. The van der Waals surface area contributed by atoms with Crippen molar-refractivity contribution < 1.29 is 9.31 Å². The minimum Gasteiger partial charge on any atom is -0.400 e. The van der Waals surface area contributed by atoms with Crippen molar-refractivity contribution in [3.05, 3.63) is 11.5 Å². The fourth-order valence-corrected chi connectivity index (χ4v) is 1.57. The van der Waals surface area contributed by atoms with E-state index in [1.54, 1.807) is 5.98 Å². The summed E-state index contributed by atoms with van der Waals surface area (Å²) in [4.78, 5) is 0. The number of hydrogen-bond donors (Lipinski definition) is 0. The van der Waals surface area contributed by atoms with E-state index in [1.807, 2.05) is 27.7 Å². The Morgan fingerprint density at radius 3 is 2.12 bits per heavy atom. The van der Waals surface area contributed by atoms with Gasteiger partial charge in [0, 0.05) is 5.57 Å². The molecule has 0 spiro atoms. The Bertz CT molecular complexity index is 312. The summed E-state index contributed by atoms with van der Waals surface area (Å²) in [6.07, 6.45) is 1.74. The number of nitrogens with zero attached hydrogens (tertiary/aromatic N) is 1. The van der Waals surface area contributed by atoms with Crippen molar-refractivity contribution in [2.24, 2.45) is 0 Å². The Balaban J connectivity index is 2.77. The van der Waals surface area contributed by atoms with Gasteiger partial charge in [0.25, 0.3) is 0 Å². The maximum atomic E-state index is 8.95. The van der Waals surface area contributed by atoms with Crippen molar-refractivity contribution in [1.82, 2.24) is 0 Å². The van der Waals surface area contributed by atoms with Crippen LogP contribution in [0.1, 0.15) is 47.5 Å². The number of allylic oxidation sites excluding steroid dienone is 1. The van der Waals surface area contributed by atoms with Crippen LogP contribution in [0.15, 0.2) is 11.5 Å². The summed E-state index contributed by atoms with van der Waals surface area (Å²) in [6.45, 7) is 10.1. The average Bonchev–Trinajstić information content (AvgIpc) is 2.34. The van der Waals surface area contributed by atoms with Gasteiger partial charge >= 0.3 is 7.12 Å². The van der Waals surface area contributed by atoms with E-state index < -0.39 is 7.12 Å². The highest BCUT2D eigenvalue weighted by Crippen LogP contribution is 2.37. The zero-order chi connectivity index (χ0) is 12.4. The van der Waals surface area contributed by atoms with E-state index in [0.717, 1.165) is 18.4 Å². The van der Waals surface area contributed by atoms with Crippen molar-refractivity contribution in [1.29, 1.82) is 5.26 Å². The van der Waals surface area contributed by atoms with Crippen molar-refractivity contribution >= 4 is 7.12 Å². The lowest BCUT2D eigenvalue weighted by Crippen LogP contribution is -2.41. The van der Waals surface area contributed by atoms with Gasteiger partial charge in [-0.1, -0.05) is 13.3 Å². The fraction of sp³-hybridized carbons (Fsp3) is 0.750. The Morgan fingerprint density at radius 1 is 1.25 bits per heavy atom. The van der Waals surface area contributed by atoms with Gasteiger partial charge in [-0.25, -0.2) is 0 Å². The molecule has 88 valence electrons. The molecule has 1 fully saturated rings. The van der Waals surface area contributed by atoms with E-state index in [2.05, 4.69) is 13.0 Å². The van der Waals surface area contributed by atoms with E-state index in [4.69, 9.17) is 14.6 Å². The highest BCUT2D eigenvalue weighted by atomic mass is 16.7. The zero-order valence-electron chi connectivity index (χ0n) is 10.8. The largest absolute Gasteiger partial charge is 0.488 e. The standard InChI is InChI=1S/C12H20BNO2/c1-6-7-10(9-14)8-13-15-11(2,3)12(4,5)16-13/h8H,6-7H2,1-5H3/b10-8+. The predicted octanol–water partition coefficient (Wildman–Crippen LogP) is 2.87. The van der Waals surface area contributed by atoms with E-state index in [-0.39, 0.29) is 11.2 Å². The monoisotopic (exact) mass is 221 g/mol. The molecule has 0 saturated carbocycles. The summed E-state index contributed by atoms with van der Waals surface area (Å²) in [5, 5.41) is 8.95. The van der Waals surface area contributed by atoms with Gasteiger partial charge in [-0.3, -0.25) is 0 Å². The van der Waals surface area contributed by atoms with Crippen LogP contribution in [0.4, 0.5) is 0 Å². The van der Waals surface area contributed by atoms with Crippen molar-refractivity contribution in [2.75, 3.05) is 0 Å². The Labute approximate surface area is 98.6 Å². The molecule has 0 unspecified atom stereocenters. The lowest BCUT2D eigenvalue weighted by atomic mass is 9.86. The molecule has 0 aromatic heterocycles. The maximum Gasteiger partial charge on any atom is 0.488 e. The third-order valence-electron chi connectivity index (χ3n) is 3.27. The molecule has 1 rings (SSSR count). The normalized spacial score (nSPS) is 23.2. The van der Waals surface area contributed by atoms with Gasteiger partial charge in [-0.05, 0) is 40.1 Å². The van der Waals surface area contributed by atoms with Crippen LogP contribution in [0, 0.1) is 11.3 Å². The second-order valence-electron chi connectivity index (χ2n) is 5.18.